The molecule has 4 aromatic rings. The van der Waals surface area contributed by atoms with Crippen molar-refractivity contribution in [2.75, 3.05) is 44.7 Å². The first-order valence-electron chi connectivity index (χ1n) is 13.6. The first kappa shape index (κ1) is 27.8. The van der Waals surface area contributed by atoms with Crippen LogP contribution in [0.2, 0.25) is 0 Å². The lowest BCUT2D eigenvalue weighted by Gasteiger charge is -2.37. The van der Waals surface area contributed by atoms with Gasteiger partial charge in [-0.1, -0.05) is 42.5 Å². The maximum absolute atomic E-state index is 14.6. The van der Waals surface area contributed by atoms with E-state index in [0.717, 1.165) is 28.4 Å². The molecule has 0 saturated carbocycles. The quantitative estimate of drug-likeness (QED) is 0.311. The van der Waals surface area contributed by atoms with E-state index in [0.29, 0.717) is 26.2 Å². The summed E-state index contributed by atoms with van der Waals surface area (Å²) in [6.45, 7) is 3.81. The highest BCUT2D eigenvalue weighted by atomic mass is 19.1. The molecule has 0 spiro atoms. The monoisotopic (exact) mass is 553 g/mol. The predicted octanol–water partition coefficient (Wildman–Crippen LogP) is 4.84. The van der Waals surface area contributed by atoms with Crippen molar-refractivity contribution in [1.29, 1.82) is 0 Å². The molecule has 1 aromatic heterocycles. The van der Waals surface area contributed by atoms with Crippen molar-refractivity contribution in [3.63, 3.8) is 0 Å². The molecule has 41 heavy (non-hydrogen) atoms. The second-order valence-corrected chi connectivity index (χ2v) is 9.87. The normalized spacial score (nSPS) is 13.9. The van der Waals surface area contributed by atoms with Gasteiger partial charge in [0.1, 0.15) is 18.1 Å². The van der Waals surface area contributed by atoms with Crippen LogP contribution < -0.4 is 9.64 Å². The van der Waals surface area contributed by atoms with E-state index >= 15 is 0 Å². The number of carbonyl (C=O) groups excluding carboxylic acids is 2. The minimum atomic E-state index is -0.608. The zero-order chi connectivity index (χ0) is 28.8. The Kier molecular flexibility index (Phi) is 8.53. The van der Waals surface area contributed by atoms with Crippen LogP contribution in [0, 0.1) is 5.82 Å². The molecule has 3 aromatic carbocycles. The third-order valence-electron chi connectivity index (χ3n) is 7.41. The van der Waals surface area contributed by atoms with Gasteiger partial charge in [0.05, 0.1) is 24.4 Å². The molecule has 2 amide bonds. The first-order valence-corrected chi connectivity index (χ1v) is 13.6. The van der Waals surface area contributed by atoms with Crippen molar-refractivity contribution in [2.45, 2.75) is 13.0 Å². The summed E-state index contributed by atoms with van der Waals surface area (Å²) < 4.78 is 19.8. The van der Waals surface area contributed by atoms with Crippen molar-refractivity contribution < 1.29 is 18.7 Å². The van der Waals surface area contributed by atoms with E-state index in [1.165, 1.54) is 17.0 Å². The average molecular weight is 554 g/mol. The molecule has 0 aliphatic carbocycles. The molecular weight excluding hydrogens is 521 g/mol. The van der Waals surface area contributed by atoms with Gasteiger partial charge in [-0.05, 0) is 61.0 Å². The Bertz CT molecular complexity index is 1470. The molecule has 9 heteroatoms. The van der Waals surface area contributed by atoms with Crippen LogP contribution in [0.4, 0.5) is 10.2 Å². The predicted molar refractivity (Wildman–Crippen MR) is 155 cm³/mol. The largest absolute Gasteiger partial charge is 0.497 e. The third kappa shape index (κ3) is 6.35. The molecule has 5 rings (SSSR count). The van der Waals surface area contributed by atoms with E-state index in [9.17, 15) is 14.0 Å². The smallest absolute Gasteiger partial charge is 0.257 e. The maximum atomic E-state index is 14.6. The molecule has 1 aliphatic rings. The fourth-order valence-electron chi connectivity index (χ4n) is 4.93. The van der Waals surface area contributed by atoms with Crippen LogP contribution in [0.5, 0.6) is 5.75 Å². The Morgan fingerprint density at radius 3 is 2.20 bits per heavy atom. The summed E-state index contributed by atoms with van der Waals surface area (Å²) in [5.74, 6) is 0.211. The standard InChI is InChI=1S/C32H32FN5O3/c1-23(24-8-4-3-5-9-24)38(32(40)27-10-6-7-11-28(27)33)22-31(39)37-20-18-36(19-21-37)30-17-16-29(34-35-30)25-12-14-26(41-2)15-13-25/h3-17,23H,18-22H2,1-2H3/t23-/m1/s1. The highest BCUT2D eigenvalue weighted by molar-refractivity contribution is 5.97. The number of ether oxygens (including phenoxy) is 1. The lowest BCUT2D eigenvalue weighted by Crippen LogP contribution is -2.52. The number of piperazine rings is 1. The van der Waals surface area contributed by atoms with Gasteiger partial charge in [0.2, 0.25) is 5.91 Å². The van der Waals surface area contributed by atoms with Crippen LogP contribution in [-0.2, 0) is 4.79 Å². The summed E-state index contributed by atoms with van der Waals surface area (Å²) >= 11 is 0. The second kappa shape index (κ2) is 12.6. The summed E-state index contributed by atoms with van der Waals surface area (Å²) in [4.78, 5) is 32.2. The summed E-state index contributed by atoms with van der Waals surface area (Å²) in [6, 6.07) is 26.4. The van der Waals surface area contributed by atoms with Gasteiger partial charge in [-0.15, -0.1) is 10.2 Å². The van der Waals surface area contributed by atoms with Crippen LogP contribution in [0.25, 0.3) is 11.3 Å². The summed E-state index contributed by atoms with van der Waals surface area (Å²) in [5, 5.41) is 8.80. The topological polar surface area (TPSA) is 78.9 Å². The highest BCUT2D eigenvalue weighted by Crippen LogP contribution is 2.25. The second-order valence-electron chi connectivity index (χ2n) is 9.87. The minimum absolute atomic E-state index is 0.0513. The molecule has 0 unspecified atom stereocenters. The molecule has 0 N–H and O–H groups in total. The zero-order valence-electron chi connectivity index (χ0n) is 23.1. The van der Waals surface area contributed by atoms with E-state index in [1.807, 2.05) is 73.7 Å². The molecule has 0 radical (unpaired) electrons. The minimum Gasteiger partial charge on any atom is -0.497 e. The zero-order valence-corrected chi connectivity index (χ0v) is 23.1. The lowest BCUT2D eigenvalue weighted by molar-refractivity contribution is -0.132. The van der Waals surface area contributed by atoms with E-state index in [4.69, 9.17) is 4.74 Å². The number of rotatable bonds is 8. The van der Waals surface area contributed by atoms with E-state index in [-0.39, 0.29) is 18.0 Å². The van der Waals surface area contributed by atoms with E-state index < -0.39 is 17.8 Å². The van der Waals surface area contributed by atoms with Crippen molar-refractivity contribution >= 4 is 17.6 Å². The van der Waals surface area contributed by atoms with Crippen molar-refractivity contribution in [3.8, 4) is 17.0 Å². The third-order valence-corrected chi connectivity index (χ3v) is 7.41. The number of amides is 2. The number of anilines is 1. The van der Waals surface area contributed by atoms with E-state index in [1.54, 1.807) is 24.1 Å². The van der Waals surface area contributed by atoms with Gasteiger partial charge in [0, 0.05) is 31.7 Å². The van der Waals surface area contributed by atoms with Crippen LogP contribution in [0.1, 0.15) is 28.9 Å². The van der Waals surface area contributed by atoms with Gasteiger partial charge >= 0.3 is 0 Å². The lowest BCUT2D eigenvalue weighted by atomic mass is 10.0. The Morgan fingerprint density at radius 2 is 1.56 bits per heavy atom. The number of halogens is 1. The molecule has 1 aliphatic heterocycles. The number of nitrogens with zero attached hydrogens (tertiary/aromatic N) is 5. The van der Waals surface area contributed by atoms with Gasteiger partial charge in [-0.3, -0.25) is 9.59 Å². The molecule has 8 nitrogen and oxygen atoms in total. The number of hydrogen-bond donors (Lipinski definition) is 0. The van der Waals surface area contributed by atoms with Gasteiger partial charge in [-0.25, -0.2) is 4.39 Å². The molecule has 210 valence electrons. The summed E-state index contributed by atoms with van der Waals surface area (Å²) in [5.41, 5.74) is 2.52. The average Bonchev–Trinajstić information content (AvgIpc) is 3.04. The number of aromatic nitrogens is 2. The first-order chi connectivity index (χ1) is 19.9. The van der Waals surface area contributed by atoms with Crippen molar-refractivity contribution in [2.24, 2.45) is 0 Å². The van der Waals surface area contributed by atoms with Crippen LogP contribution in [0.3, 0.4) is 0 Å². The van der Waals surface area contributed by atoms with Crippen molar-refractivity contribution in [1.82, 2.24) is 20.0 Å². The van der Waals surface area contributed by atoms with E-state index in [2.05, 4.69) is 15.1 Å². The highest BCUT2D eigenvalue weighted by Gasteiger charge is 2.30. The Hall–Kier alpha value is -4.79. The number of hydrogen-bond acceptors (Lipinski definition) is 6. The fourth-order valence-corrected chi connectivity index (χ4v) is 4.93. The van der Waals surface area contributed by atoms with Crippen molar-refractivity contribution in [3.05, 3.63) is 108 Å². The van der Waals surface area contributed by atoms with Crippen LogP contribution in [-0.4, -0.2) is 71.6 Å². The summed E-state index contributed by atoms with van der Waals surface area (Å²) in [6.07, 6.45) is 0. The molecule has 1 fully saturated rings. The Labute approximate surface area is 239 Å². The fraction of sp³-hybridized carbons (Fsp3) is 0.250. The molecule has 0 bridgehead atoms. The number of carbonyl (C=O) groups is 2. The molecule has 2 heterocycles. The van der Waals surface area contributed by atoms with Crippen LogP contribution in [0.15, 0.2) is 91.0 Å². The Balaban J connectivity index is 1.24. The van der Waals surface area contributed by atoms with Crippen LogP contribution >= 0.6 is 0 Å². The number of methoxy groups -OCH3 is 1. The van der Waals surface area contributed by atoms with Gasteiger partial charge < -0.3 is 19.4 Å². The van der Waals surface area contributed by atoms with Gasteiger partial charge in [-0.2, -0.15) is 0 Å². The van der Waals surface area contributed by atoms with Gasteiger partial charge in [0.15, 0.2) is 5.82 Å². The van der Waals surface area contributed by atoms with Gasteiger partial charge in [0.25, 0.3) is 5.91 Å². The SMILES string of the molecule is COc1ccc(-c2ccc(N3CCN(C(=O)CN(C(=O)c4ccccc4F)[C@H](C)c4ccccc4)CC3)nn2)cc1. The number of benzene rings is 3. The molecule has 1 saturated heterocycles. The Morgan fingerprint density at radius 1 is 0.878 bits per heavy atom. The maximum Gasteiger partial charge on any atom is 0.257 e. The molecule has 1 atom stereocenters. The molecular formula is C32H32FN5O3. The summed E-state index contributed by atoms with van der Waals surface area (Å²) in [7, 11) is 1.63.